The van der Waals surface area contributed by atoms with Crippen LogP contribution in [0.4, 0.5) is 17.1 Å². The Hall–Kier alpha value is -7.04. The van der Waals surface area contributed by atoms with Gasteiger partial charge in [-0.1, -0.05) is 84.0 Å². The SMILES string of the molecule is COc1ccc(N(c2ccc(C=Cc3ccc(-c4c5ccc(C(C)(C)C)cc5c(C=C(C#N)C(=O)O)c5ccc(C(C)(C)C)cc45)n3C)cc2)c2ccc(OC)cc2)cc1. The second kappa shape index (κ2) is 16.3. The predicted octanol–water partition coefficient (Wildman–Crippen LogP) is 13.2. The molecule has 302 valence electrons. The van der Waals surface area contributed by atoms with Crippen molar-refractivity contribution in [3.63, 3.8) is 0 Å². The number of nitrogens with zero attached hydrogens (tertiary/aromatic N) is 3. The molecule has 0 spiro atoms. The fourth-order valence-electron chi connectivity index (χ4n) is 7.68. The van der Waals surface area contributed by atoms with Gasteiger partial charge in [0.1, 0.15) is 23.1 Å². The van der Waals surface area contributed by atoms with E-state index in [1.165, 1.54) is 6.08 Å². The van der Waals surface area contributed by atoms with Crippen LogP contribution < -0.4 is 14.4 Å². The number of hydrogen-bond donors (Lipinski definition) is 1. The summed E-state index contributed by atoms with van der Waals surface area (Å²) in [7, 11) is 5.42. The van der Waals surface area contributed by atoms with E-state index in [0.29, 0.717) is 0 Å². The normalized spacial score (nSPS) is 12.2. The van der Waals surface area contributed by atoms with E-state index in [4.69, 9.17) is 9.47 Å². The minimum atomic E-state index is -1.25. The molecule has 60 heavy (non-hydrogen) atoms. The summed E-state index contributed by atoms with van der Waals surface area (Å²) < 4.78 is 13.1. The lowest BCUT2D eigenvalue weighted by atomic mass is 9.80. The molecule has 0 saturated carbocycles. The van der Waals surface area contributed by atoms with Gasteiger partial charge < -0.3 is 24.0 Å². The van der Waals surface area contributed by atoms with Crippen molar-refractivity contribution in [2.45, 2.75) is 52.4 Å². The first-order chi connectivity index (χ1) is 28.6. The van der Waals surface area contributed by atoms with Crippen LogP contribution in [-0.4, -0.2) is 29.9 Å². The summed E-state index contributed by atoms with van der Waals surface area (Å²) in [5, 5.41) is 23.6. The van der Waals surface area contributed by atoms with Gasteiger partial charge in [-0.05, 0) is 152 Å². The molecule has 0 atom stereocenters. The molecule has 0 bridgehead atoms. The summed E-state index contributed by atoms with van der Waals surface area (Å²) in [6, 6.07) is 43.7. The summed E-state index contributed by atoms with van der Waals surface area (Å²) in [6.07, 6.45) is 5.80. The lowest BCUT2D eigenvalue weighted by Crippen LogP contribution is -2.12. The Kier molecular flexibility index (Phi) is 11.2. The molecular formula is C53H51N3O4. The standard InChI is InChI=1S/C53H51N3O4/c1-52(2,3)36-14-28-45-47(31-36)46(30-35(33-54)51(57)58)44-27-13-37(53(4,5)6)32-48(44)50(45)49-29-22-38(55(49)7)15-10-34-11-16-39(17-12-34)56(40-18-23-42(59-8)24-19-40)41-20-25-43(60-9)26-21-41/h10-32H,1-9H3,(H,57,58). The molecule has 0 unspecified atom stereocenters. The molecule has 1 heterocycles. The third kappa shape index (κ3) is 8.15. The van der Waals surface area contributed by atoms with Gasteiger partial charge in [0.05, 0.1) is 14.2 Å². The van der Waals surface area contributed by atoms with Crippen LogP contribution in [0.2, 0.25) is 0 Å². The Morgan fingerprint density at radius 2 is 1.15 bits per heavy atom. The monoisotopic (exact) mass is 793 g/mol. The largest absolute Gasteiger partial charge is 0.497 e. The van der Waals surface area contributed by atoms with Gasteiger partial charge in [0.2, 0.25) is 0 Å². The first-order valence-corrected chi connectivity index (χ1v) is 20.0. The van der Waals surface area contributed by atoms with E-state index >= 15 is 0 Å². The molecule has 7 aromatic rings. The van der Waals surface area contributed by atoms with Gasteiger partial charge >= 0.3 is 5.97 Å². The molecule has 0 amide bonds. The van der Waals surface area contributed by atoms with E-state index in [-0.39, 0.29) is 16.4 Å². The van der Waals surface area contributed by atoms with Crippen molar-refractivity contribution in [1.29, 1.82) is 5.26 Å². The van der Waals surface area contributed by atoms with Gasteiger partial charge in [-0.15, -0.1) is 0 Å². The maximum absolute atomic E-state index is 12.2. The van der Waals surface area contributed by atoms with Crippen LogP contribution in [0.1, 0.15) is 69.5 Å². The second-order valence-electron chi connectivity index (χ2n) is 17.1. The van der Waals surface area contributed by atoms with E-state index in [0.717, 1.165) is 89.3 Å². The zero-order valence-corrected chi connectivity index (χ0v) is 35.8. The molecular weight excluding hydrogens is 743 g/mol. The number of fused-ring (bicyclic) bond motifs is 2. The van der Waals surface area contributed by atoms with Crippen molar-refractivity contribution in [2.24, 2.45) is 7.05 Å². The Labute approximate surface area is 353 Å². The summed E-state index contributed by atoms with van der Waals surface area (Å²) in [5.74, 6) is 0.339. The molecule has 0 aliphatic heterocycles. The fraction of sp³-hybridized carbons (Fsp3) is 0.208. The van der Waals surface area contributed by atoms with E-state index < -0.39 is 5.97 Å². The summed E-state index contributed by atoms with van der Waals surface area (Å²) in [5.41, 5.74) is 9.57. The van der Waals surface area contributed by atoms with E-state index in [2.05, 4.69) is 143 Å². The van der Waals surface area contributed by atoms with Crippen LogP contribution in [0.3, 0.4) is 0 Å². The average Bonchev–Trinajstić information content (AvgIpc) is 3.60. The number of benzene rings is 6. The van der Waals surface area contributed by atoms with Crippen molar-refractivity contribution in [3.8, 4) is 28.8 Å². The van der Waals surface area contributed by atoms with E-state index in [1.54, 1.807) is 14.2 Å². The lowest BCUT2D eigenvalue weighted by molar-refractivity contribution is -0.132. The number of anilines is 3. The van der Waals surface area contributed by atoms with Crippen molar-refractivity contribution < 1.29 is 19.4 Å². The summed E-state index contributed by atoms with van der Waals surface area (Å²) in [6.45, 7) is 13.1. The average molecular weight is 794 g/mol. The number of carboxylic acid groups (broad SMARTS) is 1. The summed E-state index contributed by atoms with van der Waals surface area (Å²) >= 11 is 0. The highest BCUT2D eigenvalue weighted by atomic mass is 16.5. The number of aliphatic carboxylic acids is 1. The molecule has 0 aliphatic carbocycles. The third-order valence-corrected chi connectivity index (χ3v) is 11.2. The number of nitriles is 1. The zero-order chi connectivity index (χ0) is 42.9. The number of hydrogen-bond acceptors (Lipinski definition) is 5. The number of ether oxygens (including phenoxy) is 2. The van der Waals surface area contributed by atoms with Gasteiger partial charge in [-0.3, -0.25) is 0 Å². The topological polar surface area (TPSA) is 87.7 Å². The Bertz CT molecular complexity index is 2780. The van der Waals surface area contributed by atoms with Crippen LogP contribution in [0.5, 0.6) is 11.5 Å². The van der Waals surface area contributed by atoms with E-state index in [9.17, 15) is 15.2 Å². The molecule has 7 rings (SSSR count). The van der Waals surface area contributed by atoms with Crippen LogP contribution in [0.15, 0.2) is 127 Å². The number of carboxylic acids is 1. The number of aromatic nitrogens is 1. The maximum Gasteiger partial charge on any atom is 0.346 e. The number of carbonyl (C=O) groups is 1. The number of rotatable bonds is 10. The van der Waals surface area contributed by atoms with Crippen LogP contribution >= 0.6 is 0 Å². The molecule has 0 fully saturated rings. The van der Waals surface area contributed by atoms with E-state index in [1.807, 2.05) is 54.6 Å². The van der Waals surface area contributed by atoms with Gasteiger partial charge in [0.15, 0.2) is 0 Å². The zero-order valence-electron chi connectivity index (χ0n) is 35.8. The first-order valence-electron chi connectivity index (χ1n) is 20.0. The minimum absolute atomic E-state index is 0.136. The van der Waals surface area contributed by atoms with Crippen molar-refractivity contribution in [2.75, 3.05) is 19.1 Å². The fourth-order valence-corrected chi connectivity index (χ4v) is 7.68. The highest BCUT2D eigenvalue weighted by Crippen LogP contribution is 2.44. The molecule has 6 aromatic carbocycles. The van der Waals surface area contributed by atoms with Gasteiger partial charge in [0.25, 0.3) is 0 Å². The second-order valence-corrected chi connectivity index (χ2v) is 17.1. The molecule has 1 N–H and O–H groups in total. The molecule has 0 radical (unpaired) electrons. The third-order valence-electron chi connectivity index (χ3n) is 11.2. The minimum Gasteiger partial charge on any atom is -0.497 e. The maximum atomic E-state index is 12.2. The Morgan fingerprint density at radius 1 is 0.650 bits per heavy atom. The van der Waals surface area contributed by atoms with Crippen LogP contribution in [0, 0.1) is 11.3 Å². The van der Waals surface area contributed by atoms with Crippen molar-refractivity contribution in [3.05, 3.63) is 155 Å². The van der Waals surface area contributed by atoms with Gasteiger partial charge in [0, 0.05) is 41.1 Å². The molecule has 1 aromatic heterocycles. The Balaban J connectivity index is 1.33. The smallest absolute Gasteiger partial charge is 0.346 e. The van der Waals surface area contributed by atoms with Crippen molar-refractivity contribution >= 4 is 62.8 Å². The van der Waals surface area contributed by atoms with Gasteiger partial charge in [-0.2, -0.15) is 5.26 Å². The van der Waals surface area contributed by atoms with Crippen LogP contribution in [0.25, 0.3) is 51.0 Å². The van der Waals surface area contributed by atoms with Crippen LogP contribution in [-0.2, 0) is 22.7 Å². The predicted molar refractivity (Wildman–Crippen MR) is 248 cm³/mol. The highest BCUT2D eigenvalue weighted by Gasteiger charge is 2.23. The summed E-state index contributed by atoms with van der Waals surface area (Å²) in [4.78, 5) is 14.4. The Morgan fingerprint density at radius 3 is 1.63 bits per heavy atom. The molecule has 7 heteroatoms. The van der Waals surface area contributed by atoms with Crippen molar-refractivity contribution in [1.82, 2.24) is 4.57 Å². The lowest BCUT2D eigenvalue weighted by Gasteiger charge is -2.26. The molecule has 0 saturated heterocycles. The quantitative estimate of drug-likeness (QED) is 0.0843. The highest BCUT2D eigenvalue weighted by molar-refractivity contribution is 6.18. The molecule has 7 nitrogen and oxygen atoms in total. The van der Waals surface area contributed by atoms with Gasteiger partial charge in [-0.25, -0.2) is 4.79 Å². The molecule has 0 aliphatic rings. The first kappa shape index (κ1) is 41.1. The number of methoxy groups -OCH3 is 2.